The molecule has 1 N–H and O–H groups in total. The number of nitrogens with zero attached hydrogens (tertiary/aromatic N) is 1. The molecule has 3 aromatic rings. The van der Waals surface area contributed by atoms with Gasteiger partial charge < -0.3 is 19.5 Å². The molecule has 0 spiro atoms. The average molecular weight is 471 g/mol. The van der Waals surface area contributed by atoms with Crippen LogP contribution in [0.4, 0.5) is 0 Å². The Morgan fingerprint density at radius 2 is 1.71 bits per heavy atom. The second-order valence-electron chi connectivity index (χ2n) is 7.51. The molecular formula is C28H26N2O5. The van der Waals surface area contributed by atoms with E-state index in [1.54, 1.807) is 24.3 Å². The van der Waals surface area contributed by atoms with Gasteiger partial charge in [-0.2, -0.15) is 5.26 Å². The van der Waals surface area contributed by atoms with Gasteiger partial charge in [-0.25, -0.2) is 4.79 Å². The van der Waals surface area contributed by atoms with Crippen molar-refractivity contribution in [1.29, 1.82) is 5.26 Å². The van der Waals surface area contributed by atoms with Gasteiger partial charge in [-0.3, -0.25) is 4.79 Å². The van der Waals surface area contributed by atoms with Crippen molar-refractivity contribution >= 4 is 18.0 Å². The summed E-state index contributed by atoms with van der Waals surface area (Å²) in [7, 11) is 1.43. The van der Waals surface area contributed by atoms with E-state index in [9.17, 15) is 14.9 Å². The minimum absolute atomic E-state index is 0.0600. The number of carbonyl (C=O) groups is 2. The molecule has 0 atom stereocenters. The van der Waals surface area contributed by atoms with Crippen LogP contribution in [0.1, 0.15) is 23.6 Å². The van der Waals surface area contributed by atoms with E-state index in [1.165, 1.54) is 24.8 Å². The predicted octanol–water partition coefficient (Wildman–Crippen LogP) is 4.47. The summed E-state index contributed by atoms with van der Waals surface area (Å²) in [5, 5.41) is 12.2. The number of amides is 1. The summed E-state index contributed by atoms with van der Waals surface area (Å²) in [4.78, 5) is 24.7. The number of hydrogen-bond donors (Lipinski definition) is 1. The van der Waals surface area contributed by atoms with Gasteiger partial charge in [-0.05, 0) is 53.5 Å². The minimum Gasteiger partial charge on any atom is -0.493 e. The molecule has 3 rings (SSSR count). The Morgan fingerprint density at radius 1 is 0.971 bits per heavy atom. The van der Waals surface area contributed by atoms with Crippen LogP contribution in [0.25, 0.3) is 6.08 Å². The van der Waals surface area contributed by atoms with Crippen LogP contribution in [0.3, 0.4) is 0 Å². The third-order valence-electron chi connectivity index (χ3n) is 5.07. The molecule has 0 unspecified atom stereocenters. The van der Waals surface area contributed by atoms with Crippen molar-refractivity contribution in [3.8, 4) is 23.3 Å². The zero-order valence-corrected chi connectivity index (χ0v) is 19.6. The Morgan fingerprint density at radius 3 is 2.37 bits per heavy atom. The molecule has 178 valence electrons. The third kappa shape index (κ3) is 7.47. The molecule has 1 amide bonds. The molecule has 7 heteroatoms. The van der Waals surface area contributed by atoms with E-state index in [-0.39, 0.29) is 23.7 Å². The monoisotopic (exact) mass is 470 g/mol. The van der Waals surface area contributed by atoms with Crippen LogP contribution in [0, 0.1) is 11.3 Å². The number of carbonyl (C=O) groups excluding carboxylic acids is 2. The van der Waals surface area contributed by atoms with Gasteiger partial charge in [-0.15, -0.1) is 0 Å². The SMILES string of the molecule is CCc1ccc(OCC(=O)Oc2ccc(/C=C(\C#N)C(=O)NCc3ccccc3)cc2OC)cc1. The van der Waals surface area contributed by atoms with Crippen LogP contribution in [0.5, 0.6) is 17.2 Å². The molecule has 3 aromatic carbocycles. The van der Waals surface area contributed by atoms with E-state index >= 15 is 0 Å². The van der Waals surface area contributed by atoms with Gasteiger partial charge >= 0.3 is 5.97 Å². The van der Waals surface area contributed by atoms with Crippen molar-refractivity contribution in [3.63, 3.8) is 0 Å². The van der Waals surface area contributed by atoms with E-state index in [1.807, 2.05) is 48.5 Å². The summed E-state index contributed by atoms with van der Waals surface area (Å²) >= 11 is 0. The standard InChI is InChI=1S/C28H26N2O5/c1-3-20-9-12-24(13-10-20)34-19-27(31)35-25-14-11-22(16-26(25)33-2)15-23(17-29)28(32)30-18-21-7-5-4-6-8-21/h4-16H,3,18-19H2,1-2H3,(H,30,32)/b23-15+. The summed E-state index contributed by atoms with van der Waals surface area (Å²) in [5.41, 5.74) is 2.58. The largest absolute Gasteiger partial charge is 0.493 e. The van der Waals surface area contributed by atoms with Crippen LogP contribution < -0.4 is 19.5 Å². The van der Waals surface area contributed by atoms with E-state index in [0.29, 0.717) is 17.9 Å². The average Bonchev–Trinajstić information content (AvgIpc) is 2.90. The molecule has 0 heterocycles. The molecule has 0 bridgehead atoms. The minimum atomic E-state index is -0.593. The summed E-state index contributed by atoms with van der Waals surface area (Å²) in [5.74, 6) is -0.0340. The number of ether oxygens (including phenoxy) is 3. The van der Waals surface area contributed by atoms with Gasteiger partial charge in [0.05, 0.1) is 7.11 Å². The lowest BCUT2D eigenvalue weighted by molar-refractivity contribution is -0.136. The van der Waals surface area contributed by atoms with Crippen LogP contribution in [0.2, 0.25) is 0 Å². The molecule has 7 nitrogen and oxygen atoms in total. The molecule has 0 aromatic heterocycles. The predicted molar refractivity (Wildman–Crippen MR) is 132 cm³/mol. The number of nitriles is 1. The highest BCUT2D eigenvalue weighted by Gasteiger charge is 2.13. The fraction of sp³-hybridized carbons (Fsp3) is 0.179. The maximum atomic E-state index is 12.4. The first-order chi connectivity index (χ1) is 17.0. The summed E-state index contributed by atoms with van der Waals surface area (Å²) in [6, 6.07) is 23.5. The van der Waals surface area contributed by atoms with Crippen LogP contribution >= 0.6 is 0 Å². The van der Waals surface area contributed by atoms with Crippen molar-refractivity contribution in [3.05, 3.63) is 95.1 Å². The number of esters is 1. The Balaban J connectivity index is 1.62. The van der Waals surface area contributed by atoms with Gasteiger partial charge in [0.2, 0.25) is 0 Å². The number of nitrogens with one attached hydrogen (secondary N) is 1. The van der Waals surface area contributed by atoms with Crippen LogP contribution in [0.15, 0.2) is 78.4 Å². The molecule has 0 aliphatic carbocycles. The van der Waals surface area contributed by atoms with Crippen molar-refractivity contribution in [2.45, 2.75) is 19.9 Å². The Labute approximate surface area is 204 Å². The first kappa shape index (κ1) is 25.1. The third-order valence-corrected chi connectivity index (χ3v) is 5.07. The quantitative estimate of drug-likeness (QED) is 0.203. The van der Waals surface area contributed by atoms with E-state index in [2.05, 4.69) is 12.2 Å². The Bertz CT molecular complexity index is 1230. The molecule has 0 saturated carbocycles. The van der Waals surface area contributed by atoms with Gasteiger partial charge in [0, 0.05) is 6.54 Å². The van der Waals surface area contributed by atoms with Crippen LogP contribution in [-0.2, 0) is 22.6 Å². The highest BCUT2D eigenvalue weighted by Crippen LogP contribution is 2.29. The molecule has 0 saturated heterocycles. The molecular weight excluding hydrogens is 444 g/mol. The summed E-state index contributed by atoms with van der Waals surface area (Å²) < 4.78 is 16.2. The zero-order chi connectivity index (χ0) is 25.0. The maximum absolute atomic E-state index is 12.4. The number of aryl methyl sites for hydroxylation is 1. The molecule has 35 heavy (non-hydrogen) atoms. The van der Waals surface area contributed by atoms with Gasteiger partial charge in [-0.1, -0.05) is 55.5 Å². The molecule has 0 radical (unpaired) electrons. The highest BCUT2D eigenvalue weighted by atomic mass is 16.6. The molecule has 0 aliphatic heterocycles. The smallest absolute Gasteiger partial charge is 0.349 e. The van der Waals surface area contributed by atoms with E-state index in [4.69, 9.17) is 14.2 Å². The fourth-order valence-electron chi connectivity index (χ4n) is 3.16. The maximum Gasteiger partial charge on any atom is 0.349 e. The lowest BCUT2D eigenvalue weighted by atomic mass is 10.1. The van der Waals surface area contributed by atoms with Gasteiger partial charge in [0.15, 0.2) is 18.1 Å². The summed E-state index contributed by atoms with van der Waals surface area (Å²) in [6.45, 7) is 2.10. The number of rotatable bonds is 10. The normalized spacial score (nSPS) is 10.7. The van der Waals surface area contributed by atoms with Crippen molar-refractivity contribution in [2.24, 2.45) is 0 Å². The fourth-order valence-corrected chi connectivity index (χ4v) is 3.16. The highest BCUT2D eigenvalue weighted by molar-refractivity contribution is 6.01. The van der Waals surface area contributed by atoms with Crippen molar-refractivity contribution in [2.75, 3.05) is 13.7 Å². The van der Waals surface area contributed by atoms with E-state index in [0.717, 1.165) is 12.0 Å². The number of methoxy groups -OCH3 is 1. The first-order valence-electron chi connectivity index (χ1n) is 11.1. The molecule has 0 fully saturated rings. The Hall–Kier alpha value is -4.57. The zero-order valence-electron chi connectivity index (χ0n) is 19.6. The van der Waals surface area contributed by atoms with Crippen LogP contribution in [-0.4, -0.2) is 25.6 Å². The molecule has 0 aliphatic rings. The van der Waals surface area contributed by atoms with Gasteiger partial charge in [0.1, 0.15) is 17.4 Å². The lowest BCUT2D eigenvalue weighted by Gasteiger charge is -2.11. The first-order valence-corrected chi connectivity index (χ1v) is 11.1. The Kier molecular flexibility index (Phi) is 9.03. The van der Waals surface area contributed by atoms with E-state index < -0.39 is 11.9 Å². The second-order valence-corrected chi connectivity index (χ2v) is 7.51. The lowest BCUT2D eigenvalue weighted by Crippen LogP contribution is -2.23. The van der Waals surface area contributed by atoms with Crippen molar-refractivity contribution in [1.82, 2.24) is 5.32 Å². The van der Waals surface area contributed by atoms with Crippen molar-refractivity contribution < 1.29 is 23.8 Å². The topological polar surface area (TPSA) is 97.7 Å². The summed E-state index contributed by atoms with van der Waals surface area (Å²) in [6.07, 6.45) is 2.36. The number of benzene rings is 3. The second kappa shape index (κ2) is 12.6. The number of hydrogen-bond acceptors (Lipinski definition) is 6. The van der Waals surface area contributed by atoms with Gasteiger partial charge in [0.25, 0.3) is 5.91 Å².